The molecule has 0 saturated carbocycles. The zero-order valence-electron chi connectivity index (χ0n) is 11.6. The third kappa shape index (κ3) is 8.87. The first-order valence-corrected chi connectivity index (χ1v) is 6.52. The van der Waals surface area contributed by atoms with Crippen LogP contribution in [0.15, 0.2) is 0 Å². The number of rotatable bonds is 9. The summed E-state index contributed by atoms with van der Waals surface area (Å²) >= 11 is 0. The van der Waals surface area contributed by atoms with Crippen LogP contribution in [0.3, 0.4) is 0 Å². The molecule has 110 valence electrons. The van der Waals surface area contributed by atoms with Crippen molar-refractivity contribution >= 4 is 17.9 Å². The molecule has 0 fully saturated rings. The number of amides is 3. The summed E-state index contributed by atoms with van der Waals surface area (Å²) in [6.45, 7) is 4.68. The summed E-state index contributed by atoms with van der Waals surface area (Å²) in [6, 6.07) is -0.451. The highest BCUT2D eigenvalue weighted by Gasteiger charge is 2.15. The van der Waals surface area contributed by atoms with Crippen molar-refractivity contribution in [2.24, 2.45) is 0 Å². The molecule has 0 aromatic rings. The number of carboxylic acids is 1. The lowest BCUT2D eigenvalue weighted by atomic mass is 10.3. The Hall–Kier alpha value is -1.79. The van der Waals surface area contributed by atoms with Crippen molar-refractivity contribution in [3.05, 3.63) is 0 Å². The number of aliphatic carboxylic acids is 1. The molecule has 0 aromatic heterocycles. The molecule has 0 aliphatic carbocycles. The Morgan fingerprint density at radius 3 is 2.26 bits per heavy atom. The maximum Gasteiger partial charge on any atom is 0.323 e. The first-order valence-electron chi connectivity index (χ1n) is 6.52. The Kier molecular flexibility index (Phi) is 9.20. The van der Waals surface area contributed by atoms with Gasteiger partial charge in [-0.3, -0.25) is 9.59 Å². The fraction of sp³-hybridized carbons (Fsp3) is 0.750. The summed E-state index contributed by atoms with van der Waals surface area (Å²) < 4.78 is 0. The quantitative estimate of drug-likeness (QED) is 0.566. The largest absolute Gasteiger partial charge is 0.480 e. The molecule has 0 aliphatic rings. The molecule has 0 aliphatic heterocycles. The highest BCUT2D eigenvalue weighted by Crippen LogP contribution is 1.93. The lowest BCUT2D eigenvalue weighted by Crippen LogP contribution is -2.44. The lowest BCUT2D eigenvalue weighted by molar-refractivity contribution is -0.137. The molecule has 0 heterocycles. The first-order chi connectivity index (χ1) is 9.01. The second-order valence-corrected chi connectivity index (χ2v) is 4.15. The van der Waals surface area contributed by atoms with E-state index in [1.54, 1.807) is 0 Å². The van der Waals surface area contributed by atoms with Crippen molar-refractivity contribution in [1.29, 1.82) is 0 Å². The molecular weight excluding hydrogens is 250 g/mol. The van der Waals surface area contributed by atoms with Gasteiger partial charge in [0.05, 0.1) is 0 Å². The van der Waals surface area contributed by atoms with Gasteiger partial charge in [-0.25, -0.2) is 4.79 Å². The van der Waals surface area contributed by atoms with Crippen LogP contribution in [-0.4, -0.2) is 54.1 Å². The molecule has 3 N–H and O–H groups in total. The van der Waals surface area contributed by atoms with E-state index in [1.165, 1.54) is 4.90 Å². The third-order valence-electron chi connectivity index (χ3n) is 2.31. The molecule has 0 rings (SSSR count). The van der Waals surface area contributed by atoms with Crippen molar-refractivity contribution < 1.29 is 19.5 Å². The van der Waals surface area contributed by atoms with E-state index in [-0.39, 0.29) is 25.4 Å². The zero-order valence-corrected chi connectivity index (χ0v) is 11.6. The summed E-state index contributed by atoms with van der Waals surface area (Å²) in [5, 5.41) is 13.9. The van der Waals surface area contributed by atoms with E-state index in [2.05, 4.69) is 10.6 Å². The Bertz CT molecular complexity index is 307. The van der Waals surface area contributed by atoms with E-state index >= 15 is 0 Å². The van der Waals surface area contributed by atoms with Gasteiger partial charge in [-0.2, -0.15) is 0 Å². The molecule has 0 atom stereocenters. The van der Waals surface area contributed by atoms with E-state index in [4.69, 9.17) is 5.11 Å². The number of carbonyl (C=O) groups is 3. The van der Waals surface area contributed by atoms with Crippen LogP contribution >= 0.6 is 0 Å². The number of urea groups is 1. The van der Waals surface area contributed by atoms with E-state index in [1.807, 2.05) is 13.8 Å². The van der Waals surface area contributed by atoms with Crippen LogP contribution < -0.4 is 10.6 Å². The molecule has 7 heteroatoms. The molecule has 0 bridgehead atoms. The molecule has 7 nitrogen and oxygen atoms in total. The fourth-order valence-corrected chi connectivity index (χ4v) is 1.43. The van der Waals surface area contributed by atoms with Crippen LogP contribution in [0.2, 0.25) is 0 Å². The molecule has 0 spiro atoms. The standard InChI is InChI=1S/C12H23N3O4/c1-3-6-13-10(16)5-7-14-12(19)15(8-4-2)9-11(17)18/h3-9H2,1-2H3,(H,13,16)(H,14,19)(H,17,18). The van der Waals surface area contributed by atoms with Gasteiger partial charge in [0.25, 0.3) is 0 Å². The molecule has 3 amide bonds. The van der Waals surface area contributed by atoms with Gasteiger partial charge in [-0.05, 0) is 12.8 Å². The van der Waals surface area contributed by atoms with Gasteiger partial charge in [-0.1, -0.05) is 13.8 Å². The van der Waals surface area contributed by atoms with Gasteiger partial charge < -0.3 is 20.6 Å². The van der Waals surface area contributed by atoms with Gasteiger partial charge in [0.15, 0.2) is 0 Å². The molecule has 0 aromatic carbocycles. The van der Waals surface area contributed by atoms with Crippen LogP contribution in [-0.2, 0) is 9.59 Å². The summed E-state index contributed by atoms with van der Waals surface area (Å²) in [4.78, 5) is 34.8. The summed E-state index contributed by atoms with van der Waals surface area (Å²) in [5.41, 5.74) is 0. The molecule has 19 heavy (non-hydrogen) atoms. The topological polar surface area (TPSA) is 98.7 Å². The van der Waals surface area contributed by atoms with Crippen molar-refractivity contribution in [3.8, 4) is 0 Å². The van der Waals surface area contributed by atoms with Gasteiger partial charge >= 0.3 is 12.0 Å². The number of hydrogen-bond acceptors (Lipinski definition) is 3. The van der Waals surface area contributed by atoms with E-state index in [0.29, 0.717) is 19.5 Å². The monoisotopic (exact) mass is 273 g/mol. The number of nitrogens with one attached hydrogen (secondary N) is 2. The maximum atomic E-state index is 11.7. The van der Waals surface area contributed by atoms with Crippen LogP contribution in [0, 0.1) is 0 Å². The predicted molar refractivity (Wildman–Crippen MR) is 70.8 cm³/mol. The average molecular weight is 273 g/mol. The van der Waals surface area contributed by atoms with Gasteiger partial charge in [0, 0.05) is 26.1 Å². The van der Waals surface area contributed by atoms with Crippen LogP contribution in [0.25, 0.3) is 0 Å². The van der Waals surface area contributed by atoms with Crippen molar-refractivity contribution in [2.75, 3.05) is 26.2 Å². The summed E-state index contributed by atoms with van der Waals surface area (Å²) in [7, 11) is 0. The Morgan fingerprint density at radius 2 is 1.74 bits per heavy atom. The minimum absolute atomic E-state index is 0.123. The minimum Gasteiger partial charge on any atom is -0.480 e. The number of carbonyl (C=O) groups excluding carboxylic acids is 2. The third-order valence-corrected chi connectivity index (χ3v) is 2.31. The second-order valence-electron chi connectivity index (χ2n) is 4.15. The van der Waals surface area contributed by atoms with E-state index in [9.17, 15) is 14.4 Å². The Morgan fingerprint density at radius 1 is 1.05 bits per heavy atom. The number of nitrogens with zero attached hydrogens (tertiary/aromatic N) is 1. The van der Waals surface area contributed by atoms with Gasteiger partial charge in [0.2, 0.25) is 5.91 Å². The second kappa shape index (κ2) is 10.2. The summed E-state index contributed by atoms with van der Waals surface area (Å²) in [6.07, 6.45) is 1.73. The van der Waals surface area contributed by atoms with Crippen molar-refractivity contribution in [1.82, 2.24) is 15.5 Å². The SMILES string of the molecule is CCCNC(=O)CCNC(=O)N(CCC)CC(=O)O. The van der Waals surface area contributed by atoms with Crippen molar-refractivity contribution in [2.45, 2.75) is 33.1 Å². The number of hydrogen-bond donors (Lipinski definition) is 3. The molecule has 0 saturated heterocycles. The number of carboxylic acid groups (broad SMARTS) is 1. The highest BCUT2D eigenvalue weighted by atomic mass is 16.4. The van der Waals surface area contributed by atoms with Gasteiger partial charge in [-0.15, -0.1) is 0 Å². The highest BCUT2D eigenvalue weighted by molar-refractivity contribution is 5.81. The smallest absolute Gasteiger partial charge is 0.323 e. The van der Waals surface area contributed by atoms with Gasteiger partial charge in [0.1, 0.15) is 6.54 Å². The fourth-order valence-electron chi connectivity index (χ4n) is 1.43. The van der Waals surface area contributed by atoms with E-state index in [0.717, 1.165) is 6.42 Å². The normalized spacial score (nSPS) is 9.79. The summed E-state index contributed by atoms with van der Waals surface area (Å²) in [5.74, 6) is -1.17. The van der Waals surface area contributed by atoms with Crippen molar-refractivity contribution in [3.63, 3.8) is 0 Å². The molecule has 0 radical (unpaired) electrons. The predicted octanol–water partition coefficient (Wildman–Crippen LogP) is 0.409. The lowest BCUT2D eigenvalue weighted by Gasteiger charge is -2.20. The van der Waals surface area contributed by atoms with Crippen LogP contribution in [0.1, 0.15) is 33.1 Å². The van der Waals surface area contributed by atoms with E-state index < -0.39 is 12.0 Å². The maximum absolute atomic E-state index is 11.7. The van der Waals surface area contributed by atoms with Crippen LogP contribution in [0.4, 0.5) is 4.79 Å². The Balaban J connectivity index is 3.98. The Labute approximate surface area is 113 Å². The zero-order chi connectivity index (χ0) is 14.7. The molecule has 0 unspecified atom stereocenters. The molecular formula is C12H23N3O4. The average Bonchev–Trinajstić information content (AvgIpc) is 2.35. The first kappa shape index (κ1) is 17.2. The minimum atomic E-state index is -1.05. The van der Waals surface area contributed by atoms with Crippen LogP contribution in [0.5, 0.6) is 0 Å².